The predicted octanol–water partition coefficient (Wildman–Crippen LogP) is 4.48. The summed E-state index contributed by atoms with van der Waals surface area (Å²) in [6.07, 6.45) is 0.443. The molecule has 0 aliphatic heterocycles. The van der Waals surface area contributed by atoms with E-state index in [0.29, 0.717) is 5.69 Å². The van der Waals surface area contributed by atoms with Gasteiger partial charge in [0.1, 0.15) is 0 Å². The molecule has 0 bridgehead atoms. The van der Waals surface area contributed by atoms with Crippen LogP contribution in [0.1, 0.15) is 18.1 Å². The van der Waals surface area contributed by atoms with E-state index in [1.807, 2.05) is 62.4 Å². The summed E-state index contributed by atoms with van der Waals surface area (Å²) in [7, 11) is 0. The average Bonchev–Trinajstić information content (AvgIpc) is 2.58. The van der Waals surface area contributed by atoms with Gasteiger partial charge in [0.2, 0.25) is 0 Å². The number of thioether (sulfide) groups is 1. The minimum absolute atomic E-state index is 0.357. The van der Waals surface area contributed by atoms with Crippen molar-refractivity contribution in [1.29, 1.82) is 0 Å². The standard InChI is InChI=1S/C20H21NO3S/c1-14-9-10-18(15(2)13-14)21-20(23)16(3)24-19(22)11-12-25-17-7-5-4-6-8-17/h4-13,16H,1-3H3,(H,21,23)/b12-11+/t16-/m0/s1. The third-order valence-corrected chi connectivity index (χ3v) is 4.27. The molecule has 0 radical (unpaired) electrons. The van der Waals surface area contributed by atoms with E-state index in [0.717, 1.165) is 16.0 Å². The number of hydrogen-bond acceptors (Lipinski definition) is 4. The summed E-state index contributed by atoms with van der Waals surface area (Å²) in [5, 5.41) is 4.42. The van der Waals surface area contributed by atoms with E-state index in [1.54, 1.807) is 12.3 Å². The number of carbonyl (C=O) groups excluding carboxylic acids is 2. The molecule has 1 atom stereocenters. The number of nitrogens with one attached hydrogen (secondary N) is 1. The Labute approximate surface area is 152 Å². The highest BCUT2D eigenvalue weighted by atomic mass is 32.2. The summed E-state index contributed by atoms with van der Waals surface area (Å²) in [6, 6.07) is 15.4. The van der Waals surface area contributed by atoms with Crippen molar-refractivity contribution in [1.82, 2.24) is 0 Å². The number of aryl methyl sites for hydroxylation is 2. The summed E-state index contributed by atoms with van der Waals surface area (Å²) in [5.74, 6) is -0.906. The van der Waals surface area contributed by atoms with Gasteiger partial charge in [0.25, 0.3) is 5.91 Å². The van der Waals surface area contributed by atoms with Crippen LogP contribution in [0, 0.1) is 13.8 Å². The van der Waals surface area contributed by atoms with Crippen molar-refractivity contribution < 1.29 is 14.3 Å². The maximum absolute atomic E-state index is 12.2. The number of benzene rings is 2. The SMILES string of the molecule is Cc1ccc(NC(=O)[C@H](C)OC(=O)/C=C/Sc2ccccc2)c(C)c1. The monoisotopic (exact) mass is 355 g/mol. The zero-order chi connectivity index (χ0) is 18.2. The smallest absolute Gasteiger partial charge is 0.332 e. The Morgan fingerprint density at radius 2 is 1.84 bits per heavy atom. The van der Waals surface area contributed by atoms with Gasteiger partial charge in [0, 0.05) is 16.7 Å². The third kappa shape index (κ3) is 6.12. The van der Waals surface area contributed by atoms with Crippen LogP contribution in [0.5, 0.6) is 0 Å². The Hall–Kier alpha value is -2.53. The van der Waals surface area contributed by atoms with Gasteiger partial charge in [0.05, 0.1) is 0 Å². The van der Waals surface area contributed by atoms with Crippen molar-refractivity contribution in [3.8, 4) is 0 Å². The number of amides is 1. The quantitative estimate of drug-likeness (QED) is 0.471. The maximum Gasteiger partial charge on any atom is 0.332 e. The molecule has 2 rings (SSSR count). The molecule has 1 N–H and O–H groups in total. The Bertz CT molecular complexity index is 772. The maximum atomic E-state index is 12.2. The van der Waals surface area contributed by atoms with E-state index in [9.17, 15) is 9.59 Å². The summed E-state index contributed by atoms with van der Waals surface area (Å²) in [5.41, 5.74) is 2.80. The van der Waals surface area contributed by atoms with Crippen molar-refractivity contribution in [2.24, 2.45) is 0 Å². The molecular formula is C20H21NO3S. The van der Waals surface area contributed by atoms with E-state index in [-0.39, 0.29) is 5.91 Å². The molecule has 0 aromatic heterocycles. The van der Waals surface area contributed by atoms with Crippen LogP contribution in [-0.2, 0) is 14.3 Å². The van der Waals surface area contributed by atoms with E-state index in [4.69, 9.17) is 4.74 Å². The van der Waals surface area contributed by atoms with Crippen molar-refractivity contribution >= 4 is 29.3 Å². The molecule has 5 heteroatoms. The highest BCUT2D eigenvalue weighted by Gasteiger charge is 2.17. The summed E-state index contributed by atoms with van der Waals surface area (Å²) >= 11 is 1.41. The van der Waals surface area contributed by atoms with Gasteiger partial charge in [-0.05, 0) is 49.9 Å². The molecule has 1 amide bonds. The lowest BCUT2D eigenvalue weighted by atomic mass is 10.1. The molecular weight excluding hydrogens is 334 g/mol. The van der Waals surface area contributed by atoms with E-state index >= 15 is 0 Å². The largest absolute Gasteiger partial charge is 0.449 e. The minimum atomic E-state index is -0.875. The third-order valence-electron chi connectivity index (χ3n) is 3.45. The lowest BCUT2D eigenvalue weighted by molar-refractivity contribution is -0.148. The molecule has 2 aromatic carbocycles. The molecule has 0 heterocycles. The van der Waals surface area contributed by atoms with Crippen molar-refractivity contribution in [3.63, 3.8) is 0 Å². The highest BCUT2D eigenvalue weighted by Crippen LogP contribution is 2.18. The molecule has 0 saturated heterocycles. The van der Waals surface area contributed by atoms with E-state index in [1.165, 1.54) is 17.8 Å². The highest BCUT2D eigenvalue weighted by molar-refractivity contribution is 8.02. The first-order valence-electron chi connectivity index (χ1n) is 7.92. The fourth-order valence-electron chi connectivity index (χ4n) is 2.12. The van der Waals surface area contributed by atoms with Crippen molar-refractivity contribution in [2.75, 3.05) is 5.32 Å². The van der Waals surface area contributed by atoms with E-state index in [2.05, 4.69) is 5.32 Å². The van der Waals surface area contributed by atoms with Gasteiger partial charge >= 0.3 is 5.97 Å². The molecule has 130 valence electrons. The predicted molar refractivity (Wildman–Crippen MR) is 102 cm³/mol. The molecule has 0 unspecified atom stereocenters. The Kier molecular flexibility index (Phi) is 6.83. The number of ether oxygens (including phenoxy) is 1. The van der Waals surface area contributed by atoms with Crippen LogP contribution < -0.4 is 5.32 Å². The summed E-state index contributed by atoms with van der Waals surface area (Å²) < 4.78 is 5.13. The number of anilines is 1. The lowest BCUT2D eigenvalue weighted by Crippen LogP contribution is -2.29. The molecule has 0 saturated carbocycles. The summed E-state index contributed by atoms with van der Waals surface area (Å²) in [6.45, 7) is 5.46. The van der Waals surface area contributed by atoms with Gasteiger partial charge in [-0.3, -0.25) is 4.79 Å². The van der Waals surface area contributed by atoms with Crippen LogP contribution in [-0.4, -0.2) is 18.0 Å². The fourth-order valence-corrected chi connectivity index (χ4v) is 2.77. The Morgan fingerprint density at radius 1 is 1.12 bits per heavy atom. The van der Waals surface area contributed by atoms with Crippen LogP contribution in [0.3, 0.4) is 0 Å². The van der Waals surface area contributed by atoms with Gasteiger partial charge in [-0.1, -0.05) is 47.7 Å². The number of rotatable bonds is 6. The number of hydrogen-bond donors (Lipinski definition) is 1. The zero-order valence-electron chi connectivity index (χ0n) is 14.5. The van der Waals surface area contributed by atoms with E-state index < -0.39 is 12.1 Å². The fraction of sp³-hybridized carbons (Fsp3) is 0.200. The van der Waals surface area contributed by atoms with Gasteiger partial charge < -0.3 is 10.1 Å². The Morgan fingerprint density at radius 3 is 2.52 bits per heavy atom. The first-order valence-corrected chi connectivity index (χ1v) is 8.80. The molecule has 2 aromatic rings. The van der Waals surface area contributed by atoms with Crippen LogP contribution in [0.15, 0.2) is 64.9 Å². The normalized spacial score (nSPS) is 12.0. The summed E-state index contributed by atoms with van der Waals surface area (Å²) in [4.78, 5) is 25.0. The second-order valence-electron chi connectivity index (χ2n) is 5.62. The minimum Gasteiger partial charge on any atom is -0.449 e. The molecule has 0 aliphatic rings. The molecule has 0 aliphatic carbocycles. The van der Waals surface area contributed by atoms with Crippen LogP contribution in [0.2, 0.25) is 0 Å². The molecule has 0 spiro atoms. The molecule has 25 heavy (non-hydrogen) atoms. The second kappa shape index (κ2) is 9.08. The number of esters is 1. The van der Waals surface area contributed by atoms with Gasteiger partial charge in [-0.25, -0.2) is 4.79 Å². The zero-order valence-corrected chi connectivity index (χ0v) is 15.3. The average molecular weight is 355 g/mol. The van der Waals surface area contributed by atoms with Crippen LogP contribution in [0.4, 0.5) is 5.69 Å². The second-order valence-corrected chi connectivity index (χ2v) is 6.60. The molecule has 0 fully saturated rings. The van der Waals surface area contributed by atoms with Crippen molar-refractivity contribution in [3.05, 3.63) is 71.1 Å². The van der Waals surface area contributed by atoms with Gasteiger partial charge in [-0.2, -0.15) is 0 Å². The lowest BCUT2D eigenvalue weighted by Gasteiger charge is -2.14. The van der Waals surface area contributed by atoms with Gasteiger partial charge in [-0.15, -0.1) is 0 Å². The topological polar surface area (TPSA) is 55.4 Å². The first kappa shape index (κ1) is 18.8. The van der Waals surface area contributed by atoms with Gasteiger partial charge in [0.15, 0.2) is 6.10 Å². The first-order chi connectivity index (χ1) is 12.0. The Balaban J connectivity index is 1.84. The van der Waals surface area contributed by atoms with Crippen LogP contribution in [0.25, 0.3) is 0 Å². The van der Waals surface area contributed by atoms with Crippen molar-refractivity contribution in [2.45, 2.75) is 31.8 Å². The molecule has 4 nitrogen and oxygen atoms in total. The van der Waals surface area contributed by atoms with Crippen LogP contribution >= 0.6 is 11.8 Å². The number of carbonyl (C=O) groups is 2.